The molecule has 1 aromatic carbocycles. The third kappa shape index (κ3) is 5.45. The van der Waals surface area contributed by atoms with Gasteiger partial charge in [0.1, 0.15) is 24.1 Å². The van der Waals surface area contributed by atoms with Crippen molar-refractivity contribution in [2.45, 2.75) is 62.9 Å². The highest BCUT2D eigenvalue weighted by molar-refractivity contribution is 6.53. The number of hydrogen-bond acceptors (Lipinski definition) is 7. The molecule has 34 heavy (non-hydrogen) atoms. The van der Waals surface area contributed by atoms with Crippen LogP contribution in [-0.4, -0.2) is 63.0 Å². The molecule has 3 rings (SSSR count). The number of alkyl halides is 3. The molecule has 1 aliphatic rings. The number of carbonyl (C=O) groups excluding carboxylic acids is 2. The summed E-state index contributed by atoms with van der Waals surface area (Å²) in [5, 5.41) is 3.83. The third-order valence-electron chi connectivity index (χ3n) is 5.13. The fraction of sp³-hybridized carbons (Fsp3) is 0.545. The molecule has 0 bridgehead atoms. The fourth-order valence-electron chi connectivity index (χ4n) is 3.65. The molecule has 1 aliphatic heterocycles. The lowest BCUT2D eigenvalue weighted by Gasteiger charge is -2.33. The number of hydrogen-bond donors (Lipinski definition) is 0. The molecule has 0 saturated carbocycles. The fourth-order valence-corrected chi connectivity index (χ4v) is 3.86. The Kier molecular flexibility index (Phi) is 7.45. The largest absolute Gasteiger partial charge is 0.443 e. The molecule has 0 unspecified atom stereocenters. The minimum atomic E-state index is -1.33. The van der Waals surface area contributed by atoms with Crippen molar-refractivity contribution in [2.24, 2.45) is 0 Å². The molecule has 0 spiro atoms. The van der Waals surface area contributed by atoms with Gasteiger partial charge in [-0.3, -0.25) is 4.79 Å². The van der Waals surface area contributed by atoms with Crippen molar-refractivity contribution >= 4 is 41.2 Å². The molecule has 1 fully saturated rings. The van der Waals surface area contributed by atoms with Crippen LogP contribution in [0.1, 0.15) is 46.3 Å². The maximum atomic E-state index is 14.0. The van der Waals surface area contributed by atoms with Gasteiger partial charge in [0.15, 0.2) is 4.84 Å². The van der Waals surface area contributed by atoms with Crippen molar-refractivity contribution < 1.29 is 28.0 Å². The number of benzene rings is 1. The van der Waals surface area contributed by atoms with Gasteiger partial charge in [0, 0.05) is 12.6 Å². The van der Waals surface area contributed by atoms with Crippen LogP contribution in [0, 0.1) is 0 Å². The summed E-state index contributed by atoms with van der Waals surface area (Å²) in [5.74, 6) is -0.407. The first-order valence-corrected chi connectivity index (χ1v) is 11.4. The Labute approximate surface area is 207 Å². The van der Waals surface area contributed by atoms with Crippen LogP contribution in [0.3, 0.4) is 0 Å². The first kappa shape index (κ1) is 26.2. The minimum absolute atomic E-state index is 0.0394. The van der Waals surface area contributed by atoms with Gasteiger partial charge < -0.3 is 18.9 Å². The maximum Gasteiger partial charge on any atom is 0.417 e. The van der Waals surface area contributed by atoms with E-state index in [0.29, 0.717) is 11.1 Å². The maximum absolute atomic E-state index is 14.0. The van der Waals surface area contributed by atoms with E-state index in [1.807, 2.05) is 0 Å². The lowest BCUT2D eigenvalue weighted by Crippen LogP contribution is -2.50. The summed E-state index contributed by atoms with van der Waals surface area (Å²) >= 11 is 11.5. The number of aromatic nitrogens is 2. The zero-order valence-corrected chi connectivity index (χ0v) is 21.2. The van der Waals surface area contributed by atoms with E-state index in [0.717, 1.165) is 4.90 Å². The minimum Gasteiger partial charge on any atom is -0.443 e. The van der Waals surface area contributed by atoms with Gasteiger partial charge in [0.2, 0.25) is 0 Å². The van der Waals surface area contributed by atoms with Crippen molar-refractivity contribution in [1.82, 2.24) is 15.0 Å². The summed E-state index contributed by atoms with van der Waals surface area (Å²) in [4.78, 5) is 30.0. The smallest absolute Gasteiger partial charge is 0.417 e. The van der Waals surface area contributed by atoms with Crippen LogP contribution in [-0.2, 0) is 14.3 Å². The lowest BCUT2D eigenvalue weighted by molar-refractivity contribution is -0.145. The Bertz CT molecular complexity index is 1040. The summed E-state index contributed by atoms with van der Waals surface area (Å²) in [5.41, 5.74) is -0.562. The van der Waals surface area contributed by atoms with Crippen LogP contribution < -0.4 is 4.90 Å². The van der Waals surface area contributed by atoms with Gasteiger partial charge in [-0.15, -0.1) is 0 Å². The number of rotatable bonds is 5. The van der Waals surface area contributed by atoms with E-state index >= 15 is 0 Å². The summed E-state index contributed by atoms with van der Waals surface area (Å²) in [6.07, 6.45) is -1.36. The van der Waals surface area contributed by atoms with E-state index in [-0.39, 0.29) is 11.8 Å². The van der Waals surface area contributed by atoms with Crippen molar-refractivity contribution in [2.75, 3.05) is 18.6 Å². The van der Waals surface area contributed by atoms with Crippen LogP contribution in [0.2, 0.25) is 0 Å². The molecule has 1 aromatic heterocycles. The van der Waals surface area contributed by atoms with Crippen molar-refractivity contribution in [3.05, 3.63) is 29.8 Å². The highest BCUT2D eigenvalue weighted by Crippen LogP contribution is 2.42. The number of ether oxygens (including phenoxy) is 2. The summed E-state index contributed by atoms with van der Waals surface area (Å²) < 4.78 is 30.6. The quantitative estimate of drug-likeness (QED) is 0.521. The third-order valence-corrected chi connectivity index (χ3v) is 5.50. The predicted molar refractivity (Wildman–Crippen MR) is 124 cm³/mol. The molecule has 2 atom stereocenters. The van der Waals surface area contributed by atoms with Crippen molar-refractivity contribution in [3.63, 3.8) is 0 Å². The van der Waals surface area contributed by atoms with Gasteiger partial charge in [-0.25, -0.2) is 14.1 Å². The van der Waals surface area contributed by atoms with Gasteiger partial charge in [0.05, 0.1) is 6.04 Å². The molecule has 1 saturated heterocycles. The highest BCUT2D eigenvalue weighted by atomic mass is 35.5. The number of nitrogens with zero attached hydrogens (tertiary/aromatic N) is 4. The molecule has 12 heteroatoms. The Morgan fingerprint density at radius 1 is 1.26 bits per heavy atom. The van der Waals surface area contributed by atoms with Crippen LogP contribution >= 0.6 is 23.2 Å². The first-order chi connectivity index (χ1) is 15.7. The molecule has 0 aliphatic carbocycles. The zero-order valence-electron chi connectivity index (χ0n) is 19.7. The Balaban J connectivity index is 1.79. The summed E-state index contributed by atoms with van der Waals surface area (Å²) in [6.45, 7) is 7.72. The van der Waals surface area contributed by atoms with Crippen LogP contribution in [0.5, 0.6) is 0 Å². The first-order valence-electron chi connectivity index (χ1n) is 10.5. The molecule has 0 radical (unpaired) electrons. The second-order valence-corrected chi connectivity index (χ2v) is 10.4. The standard InChI is InChI=1S/C22H27Cl2FN4O5/c1-21(2,3)33-20(31)28(6)19-26-17(34-27-19)13-9-7-12(8-10-13)15-14(11-25)29(18(30)16(23)24)22(4,5)32-15/h7-10,14-16H,11H2,1-6H3/t14-,15-/m1/s1. The molecule has 2 aromatic rings. The van der Waals surface area contributed by atoms with E-state index in [1.54, 1.807) is 58.9 Å². The average Bonchev–Trinajstić information content (AvgIpc) is 3.33. The zero-order chi connectivity index (χ0) is 25.4. The van der Waals surface area contributed by atoms with E-state index in [2.05, 4.69) is 10.1 Å². The molecular weight excluding hydrogens is 490 g/mol. The summed E-state index contributed by atoms with van der Waals surface area (Å²) in [6, 6.07) is 5.93. The molecule has 9 nitrogen and oxygen atoms in total. The Hall–Kier alpha value is -2.43. The molecule has 2 heterocycles. The number of carbonyl (C=O) groups is 2. The van der Waals surface area contributed by atoms with E-state index in [4.69, 9.17) is 37.2 Å². The number of halogens is 3. The van der Waals surface area contributed by atoms with Gasteiger partial charge in [-0.05, 0) is 57.5 Å². The molecule has 0 N–H and O–H groups in total. The van der Waals surface area contributed by atoms with Gasteiger partial charge in [0.25, 0.3) is 17.7 Å². The van der Waals surface area contributed by atoms with Crippen LogP contribution in [0.25, 0.3) is 11.5 Å². The van der Waals surface area contributed by atoms with E-state index in [1.165, 1.54) is 11.9 Å². The predicted octanol–water partition coefficient (Wildman–Crippen LogP) is 4.89. The highest BCUT2D eigenvalue weighted by Gasteiger charge is 2.51. The Morgan fingerprint density at radius 2 is 1.88 bits per heavy atom. The monoisotopic (exact) mass is 516 g/mol. The average molecular weight is 517 g/mol. The summed E-state index contributed by atoms with van der Waals surface area (Å²) in [7, 11) is 1.47. The van der Waals surface area contributed by atoms with Gasteiger partial charge in [-0.1, -0.05) is 35.3 Å². The second kappa shape index (κ2) is 9.67. The Morgan fingerprint density at radius 3 is 2.41 bits per heavy atom. The van der Waals surface area contributed by atoms with Crippen molar-refractivity contribution in [3.8, 4) is 11.5 Å². The van der Waals surface area contributed by atoms with E-state index < -0.39 is 47.0 Å². The lowest BCUT2D eigenvalue weighted by atomic mass is 10.0. The van der Waals surface area contributed by atoms with Gasteiger partial charge in [-0.2, -0.15) is 4.98 Å². The SMILES string of the molecule is CN(C(=O)OC(C)(C)C)c1noc(-c2ccc([C@H]3OC(C)(C)N(C(=O)C(Cl)Cl)[C@@H]3CF)cc2)n1. The van der Waals surface area contributed by atoms with Crippen LogP contribution in [0.15, 0.2) is 28.8 Å². The normalized spacial score (nSPS) is 20.0. The van der Waals surface area contributed by atoms with Crippen molar-refractivity contribution in [1.29, 1.82) is 0 Å². The second-order valence-electron chi connectivity index (χ2n) is 9.28. The van der Waals surface area contributed by atoms with E-state index in [9.17, 15) is 14.0 Å². The van der Waals surface area contributed by atoms with Crippen LogP contribution in [0.4, 0.5) is 15.1 Å². The van der Waals surface area contributed by atoms with Gasteiger partial charge >= 0.3 is 6.09 Å². The number of anilines is 1. The topological polar surface area (TPSA) is 98.0 Å². The molecule has 186 valence electrons. The molecular formula is C22H27Cl2FN4O5. The molecule has 2 amide bonds. The number of amides is 2.